The van der Waals surface area contributed by atoms with Gasteiger partial charge in [-0.2, -0.15) is 0 Å². The van der Waals surface area contributed by atoms with Gasteiger partial charge in [-0.25, -0.2) is 0 Å². The first-order valence-electron chi connectivity index (χ1n) is 6.93. The van der Waals surface area contributed by atoms with E-state index in [0.29, 0.717) is 12.1 Å². The zero-order chi connectivity index (χ0) is 14.0. The van der Waals surface area contributed by atoms with Gasteiger partial charge in [0.05, 0.1) is 0 Å². The van der Waals surface area contributed by atoms with E-state index in [9.17, 15) is 9.59 Å². The molecule has 2 rings (SSSR count). The lowest BCUT2D eigenvalue weighted by Gasteiger charge is -2.30. The molecule has 1 saturated heterocycles. The summed E-state index contributed by atoms with van der Waals surface area (Å²) in [5, 5.41) is 0. The summed E-state index contributed by atoms with van der Waals surface area (Å²) in [5.41, 5.74) is 1.59. The SMILES string of the molecule is CC(=O)c1ccn(CC(=O)N2CCC(C)CC2)c1C. The number of likely N-dealkylation sites (tertiary alicyclic amines) is 1. The monoisotopic (exact) mass is 262 g/mol. The van der Waals surface area contributed by atoms with Gasteiger partial charge in [0.2, 0.25) is 5.91 Å². The third-order valence-electron chi connectivity index (χ3n) is 4.06. The van der Waals surface area contributed by atoms with Crippen LogP contribution in [0, 0.1) is 12.8 Å². The highest BCUT2D eigenvalue weighted by Crippen LogP contribution is 2.17. The topological polar surface area (TPSA) is 42.3 Å². The molecule has 0 N–H and O–H groups in total. The molecule has 1 aliphatic rings. The second kappa shape index (κ2) is 5.59. The summed E-state index contributed by atoms with van der Waals surface area (Å²) < 4.78 is 1.87. The molecular weight excluding hydrogens is 240 g/mol. The molecule has 1 aliphatic heterocycles. The predicted octanol–water partition coefficient (Wildman–Crippen LogP) is 2.26. The summed E-state index contributed by atoms with van der Waals surface area (Å²) in [6, 6.07) is 1.79. The number of nitrogens with zero attached hydrogens (tertiary/aromatic N) is 2. The van der Waals surface area contributed by atoms with Gasteiger partial charge >= 0.3 is 0 Å². The zero-order valence-electron chi connectivity index (χ0n) is 12.0. The lowest BCUT2D eigenvalue weighted by Crippen LogP contribution is -2.39. The Labute approximate surface area is 114 Å². The van der Waals surface area contributed by atoms with Crippen LogP contribution in [0.1, 0.15) is 42.7 Å². The van der Waals surface area contributed by atoms with Gasteiger partial charge in [-0.15, -0.1) is 0 Å². The zero-order valence-corrected chi connectivity index (χ0v) is 12.0. The molecule has 1 aromatic heterocycles. The summed E-state index contributed by atoms with van der Waals surface area (Å²) in [4.78, 5) is 25.6. The van der Waals surface area contributed by atoms with Crippen molar-refractivity contribution >= 4 is 11.7 Å². The van der Waals surface area contributed by atoms with Crippen LogP contribution in [-0.4, -0.2) is 34.2 Å². The van der Waals surface area contributed by atoms with Crippen molar-refractivity contribution in [1.29, 1.82) is 0 Å². The van der Waals surface area contributed by atoms with Crippen molar-refractivity contribution in [1.82, 2.24) is 9.47 Å². The number of amides is 1. The largest absolute Gasteiger partial charge is 0.342 e. The van der Waals surface area contributed by atoms with Crippen molar-refractivity contribution in [2.24, 2.45) is 5.92 Å². The Morgan fingerprint density at radius 1 is 1.32 bits per heavy atom. The van der Waals surface area contributed by atoms with Crippen LogP contribution in [0.25, 0.3) is 0 Å². The molecule has 0 radical (unpaired) electrons. The smallest absolute Gasteiger partial charge is 0.242 e. The van der Waals surface area contributed by atoms with E-state index in [-0.39, 0.29) is 11.7 Å². The van der Waals surface area contributed by atoms with Crippen LogP contribution in [0.15, 0.2) is 12.3 Å². The van der Waals surface area contributed by atoms with Gasteiger partial charge < -0.3 is 9.47 Å². The molecule has 2 heterocycles. The van der Waals surface area contributed by atoms with Crippen molar-refractivity contribution in [3.05, 3.63) is 23.5 Å². The molecule has 104 valence electrons. The normalized spacial score (nSPS) is 16.7. The minimum absolute atomic E-state index is 0.0514. The number of carbonyl (C=O) groups is 2. The number of Topliss-reactive ketones (excluding diaryl/α,β-unsaturated/α-hetero) is 1. The van der Waals surface area contributed by atoms with Crippen LogP contribution >= 0.6 is 0 Å². The number of carbonyl (C=O) groups excluding carboxylic acids is 2. The summed E-state index contributed by atoms with van der Waals surface area (Å²) in [5.74, 6) is 0.929. The Hall–Kier alpha value is -1.58. The van der Waals surface area contributed by atoms with E-state index >= 15 is 0 Å². The van der Waals surface area contributed by atoms with Crippen LogP contribution in [0.3, 0.4) is 0 Å². The third kappa shape index (κ3) is 3.06. The molecule has 0 saturated carbocycles. The highest BCUT2D eigenvalue weighted by Gasteiger charge is 2.21. The summed E-state index contributed by atoms with van der Waals surface area (Å²) in [7, 11) is 0. The average Bonchev–Trinajstić information content (AvgIpc) is 2.72. The lowest BCUT2D eigenvalue weighted by molar-refractivity contribution is -0.133. The van der Waals surface area contributed by atoms with Crippen LogP contribution in [-0.2, 0) is 11.3 Å². The van der Waals surface area contributed by atoms with Crippen molar-refractivity contribution in [2.75, 3.05) is 13.1 Å². The fraction of sp³-hybridized carbons (Fsp3) is 0.600. The fourth-order valence-electron chi connectivity index (χ4n) is 2.60. The standard InChI is InChI=1S/C15H22N2O2/c1-11-4-7-16(8-5-11)15(19)10-17-9-6-14(12(17)2)13(3)18/h6,9,11H,4-5,7-8,10H2,1-3H3. The van der Waals surface area contributed by atoms with Gasteiger partial charge in [0.25, 0.3) is 0 Å². The first kappa shape index (κ1) is 13.8. The van der Waals surface area contributed by atoms with E-state index in [1.165, 1.54) is 0 Å². The van der Waals surface area contributed by atoms with Crippen LogP contribution in [0.2, 0.25) is 0 Å². The van der Waals surface area contributed by atoms with Gasteiger partial charge in [0.15, 0.2) is 5.78 Å². The summed E-state index contributed by atoms with van der Waals surface area (Å²) in [6.45, 7) is 7.74. The second-order valence-electron chi connectivity index (χ2n) is 5.56. The van der Waals surface area contributed by atoms with Gasteiger partial charge in [-0.05, 0) is 38.7 Å². The molecule has 19 heavy (non-hydrogen) atoms. The highest BCUT2D eigenvalue weighted by molar-refractivity contribution is 5.95. The molecule has 0 unspecified atom stereocenters. The number of hydrogen-bond donors (Lipinski definition) is 0. The minimum Gasteiger partial charge on any atom is -0.342 e. The third-order valence-corrected chi connectivity index (χ3v) is 4.06. The molecule has 0 atom stereocenters. The van der Waals surface area contributed by atoms with E-state index in [1.54, 1.807) is 13.0 Å². The van der Waals surface area contributed by atoms with Crippen LogP contribution in [0.4, 0.5) is 0 Å². The van der Waals surface area contributed by atoms with Crippen molar-refractivity contribution in [3.63, 3.8) is 0 Å². The first-order valence-corrected chi connectivity index (χ1v) is 6.93. The molecule has 1 aromatic rings. The molecule has 1 amide bonds. The number of piperidine rings is 1. The van der Waals surface area contributed by atoms with Gasteiger partial charge in [-0.3, -0.25) is 9.59 Å². The van der Waals surface area contributed by atoms with Gasteiger partial charge in [0.1, 0.15) is 6.54 Å². The Bertz CT molecular complexity index is 482. The van der Waals surface area contributed by atoms with Gasteiger partial charge in [0, 0.05) is 30.5 Å². The Morgan fingerprint density at radius 3 is 2.47 bits per heavy atom. The highest BCUT2D eigenvalue weighted by atomic mass is 16.2. The number of hydrogen-bond acceptors (Lipinski definition) is 2. The molecule has 4 heteroatoms. The van der Waals surface area contributed by atoms with Gasteiger partial charge in [-0.1, -0.05) is 6.92 Å². The van der Waals surface area contributed by atoms with E-state index in [0.717, 1.165) is 37.5 Å². The maximum absolute atomic E-state index is 12.2. The first-order chi connectivity index (χ1) is 8.99. The Morgan fingerprint density at radius 2 is 1.95 bits per heavy atom. The van der Waals surface area contributed by atoms with Crippen LogP contribution in [0.5, 0.6) is 0 Å². The molecule has 1 fully saturated rings. The van der Waals surface area contributed by atoms with E-state index < -0.39 is 0 Å². The van der Waals surface area contributed by atoms with Crippen LogP contribution < -0.4 is 0 Å². The average molecular weight is 262 g/mol. The lowest BCUT2D eigenvalue weighted by atomic mass is 9.99. The molecular formula is C15H22N2O2. The Balaban J connectivity index is 2.01. The summed E-state index contributed by atoms with van der Waals surface area (Å²) >= 11 is 0. The predicted molar refractivity (Wildman–Crippen MR) is 74.2 cm³/mol. The molecule has 0 aromatic carbocycles. The summed E-state index contributed by atoms with van der Waals surface area (Å²) in [6.07, 6.45) is 4.01. The number of ketones is 1. The van der Waals surface area contributed by atoms with Crippen molar-refractivity contribution < 1.29 is 9.59 Å². The number of rotatable bonds is 3. The maximum Gasteiger partial charge on any atom is 0.242 e. The molecule has 0 aliphatic carbocycles. The Kier molecular flexibility index (Phi) is 4.08. The van der Waals surface area contributed by atoms with Crippen molar-refractivity contribution in [2.45, 2.75) is 40.2 Å². The molecule has 0 bridgehead atoms. The molecule has 4 nitrogen and oxygen atoms in total. The quantitative estimate of drug-likeness (QED) is 0.784. The maximum atomic E-state index is 12.2. The fourth-order valence-corrected chi connectivity index (χ4v) is 2.60. The second-order valence-corrected chi connectivity index (χ2v) is 5.56. The van der Waals surface area contributed by atoms with Crippen molar-refractivity contribution in [3.8, 4) is 0 Å². The van der Waals surface area contributed by atoms with E-state index in [2.05, 4.69) is 6.92 Å². The minimum atomic E-state index is 0.0514. The number of aromatic nitrogens is 1. The van der Waals surface area contributed by atoms with E-state index in [4.69, 9.17) is 0 Å². The van der Waals surface area contributed by atoms with E-state index in [1.807, 2.05) is 22.6 Å². The molecule has 0 spiro atoms.